The highest BCUT2D eigenvalue weighted by molar-refractivity contribution is 5.90. The van der Waals surface area contributed by atoms with Gasteiger partial charge in [-0.25, -0.2) is 14.4 Å². The van der Waals surface area contributed by atoms with Gasteiger partial charge in [-0.3, -0.25) is 0 Å². The molecule has 2 heterocycles. The van der Waals surface area contributed by atoms with E-state index in [-0.39, 0.29) is 18.8 Å². The third-order valence-corrected chi connectivity index (χ3v) is 8.70. The number of ether oxygens (including phenoxy) is 7. The molecule has 2 aliphatic heterocycles. The zero-order chi connectivity index (χ0) is 35.7. The quantitative estimate of drug-likeness (QED) is 0.113. The summed E-state index contributed by atoms with van der Waals surface area (Å²) in [6, 6.07) is 43.9. The van der Waals surface area contributed by atoms with E-state index in [0.717, 1.165) is 0 Å². The van der Waals surface area contributed by atoms with Crippen molar-refractivity contribution in [3.8, 4) is 0 Å². The van der Waals surface area contributed by atoms with E-state index in [9.17, 15) is 14.4 Å². The van der Waals surface area contributed by atoms with Gasteiger partial charge in [0.2, 0.25) is 0 Å². The molecule has 10 heteroatoms. The van der Waals surface area contributed by atoms with Gasteiger partial charge in [0, 0.05) is 11.1 Å². The summed E-state index contributed by atoms with van der Waals surface area (Å²) < 4.78 is 43.9. The largest absolute Gasteiger partial charge is 0.453 e. The SMILES string of the molecule is O=C(OC([C@H]1O[C@@H](c2ccccc2)OC[C@H]1OC(=O)c1ccccc1)[C@@H]1O[C@@H](c2ccccc2)OC[C@H]1OC(=O)c1ccccc1)c1ccccc1. The summed E-state index contributed by atoms with van der Waals surface area (Å²) in [4.78, 5) is 40.9. The van der Waals surface area contributed by atoms with Crippen molar-refractivity contribution in [2.24, 2.45) is 0 Å². The second kappa shape index (κ2) is 16.6. The van der Waals surface area contributed by atoms with E-state index >= 15 is 0 Å². The van der Waals surface area contributed by atoms with Crippen LogP contribution in [0.3, 0.4) is 0 Å². The fourth-order valence-electron chi connectivity index (χ4n) is 6.09. The van der Waals surface area contributed by atoms with Gasteiger partial charge in [-0.1, -0.05) is 115 Å². The third kappa shape index (κ3) is 8.28. The van der Waals surface area contributed by atoms with Crippen molar-refractivity contribution >= 4 is 17.9 Å². The first-order chi connectivity index (χ1) is 25.5. The Morgan fingerprint density at radius 3 is 1.15 bits per heavy atom. The average Bonchev–Trinajstić information content (AvgIpc) is 3.22. The lowest BCUT2D eigenvalue weighted by Gasteiger charge is -2.45. The molecule has 52 heavy (non-hydrogen) atoms. The first kappa shape index (κ1) is 34.8. The van der Waals surface area contributed by atoms with E-state index in [2.05, 4.69) is 0 Å². The summed E-state index contributed by atoms with van der Waals surface area (Å²) in [6.07, 6.45) is -7.69. The molecule has 0 saturated carbocycles. The summed E-state index contributed by atoms with van der Waals surface area (Å²) in [5.74, 6) is -1.95. The molecular weight excluding hydrogens is 664 g/mol. The zero-order valence-electron chi connectivity index (χ0n) is 28.0. The smallest absolute Gasteiger partial charge is 0.338 e. The van der Waals surface area contributed by atoms with E-state index in [1.807, 2.05) is 60.7 Å². The molecule has 0 radical (unpaired) electrons. The van der Waals surface area contributed by atoms with Gasteiger partial charge in [-0.05, 0) is 36.4 Å². The van der Waals surface area contributed by atoms with Gasteiger partial charge in [0.1, 0.15) is 12.2 Å². The maximum atomic E-state index is 13.9. The summed E-state index contributed by atoms with van der Waals surface area (Å²) in [6.45, 7) is -0.218. The van der Waals surface area contributed by atoms with Crippen molar-refractivity contribution in [2.75, 3.05) is 13.2 Å². The van der Waals surface area contributed by atoms with E-state index in [1.54, 1.807) is 91.0 Å². The van der Waals surface area contributed by atoms with Gasteiger partial charge >= 0.3 is 17.9 Å². The van der Waals surface area contributed by atoms with Crippen LogP contribution in [-0.4, -0.2) is 61.6 Å². The van der Waals surface area contributed by atoms with Crippen molar-refractivity contribution in [3.05, 3.63) is 179 Å². The van der Waals surface area contributed by atoms with Gasteiger partial charge in [0.25, 0.3) is 0 Å². The molecule has 2 saturated heterocycles. The standard InChI is InChI=1S/C42H36O10/c43-38(28-16-6-1-7-17-28)48-33-26-46-41(31-22-12-4-13-23-31)51-35(33)37(50-40(45)30-20-10-3-11-21-30)36-34(49-39(44)29-18-8-2-9-19-29)27-47-42(52-36)32-24-14-5-15-25-32/h1-25,33-37,41-42H,26-27H2/t33-,34-,35-,36+,37?,41+,42+/m1/s1. The summed E-state index contributed by atoms with van der Waals surface area (Å²) >= 11 is 0. The Hall–Kier alpha value is -5.65. The number of carbonyl (C=O) groups excluding carboxylic acids is 3. The highest BCUT2D eigenvalue weighted by Gasteiger charge is 2.51. The molecule has 5 aromatic carbocycles. The summed E-state index contributed by atoms with van der Waals surface area (Å²) in [5.41, 5.74) is 2.27. The molecule has 7 rings (SSSR count). The molecule has 264 valence electrons. The normalized spacial score (nSPS) is 23.5. The molecule has 0 spiro atoms. The number of benzene rings is 5. The van der Waals surface area contributed by atoms with Crippen molar-refractivity contribution in [1.82, 2.24) is 0 Å². The predicted octanol–water partition coefficient (Wildman–Crippen LogP) is 6.89. The lowest BCUT2D eigenvalue weighted by molar-refractivity contribution is -0.317. The van der Waals surface area contributed by atoms with Crippen molar-refractivity contribution < 1.29 is 47.5 Å². The third-order valence-electron chi connectivity index (χ3n) is 8.70. The second-order valence-corrected chi connectivity index (χ2v) is 12.2. The van der Waals surface area contributed by atoms with Crippen molar-refractivity contribution in [2.45, 2.75) is 43.1 Å². The summed E-state index contributed by atoms with van der Waals surface area (Å²) in [5, 5.41) is 0. The molecule has 7 atom stereocenters. The fourth-order valence-corrected chi connectivity index (χ4v) is 6.09. The van der Waals surface area contributed by atoms with Crippen LogP contribution >= 0.6 is 0 Å². The van der Waals surface area contributed by atoms with Crippen LogP contribution in [0.2, 0.25) is 0 Å². The predicted molar refractivity (Wildman–Crippen MR) is 187 cm³/mol. The monoisotopic (exact) mass is 700 g/mol. The van der Waals surface area contributed by atoms with Crippen LogP contribution in [0.1, 0.15) is 54.8 Å². The van der Waals surface area contributed by atoms with Crippen LogP contribution in [0, 0.1) is 0 Å². The number of carbonyl (C=O) groups is 3. The lowest BCUT2D eigenvalue weighted by Crippen LogP contribution is -2.60. The molecule has 2 aliphatic rings. The van der Waals surface area contributed by atoms with Crippen LogP contribution < -0.4 is 0 Å². The first-order valence-corrected chi connectivity index (χ1v) is 17.0. The molecule has 2 fully saturated rings. The Morgan fingerprint density at radius 1 is 0.462 bits per heavy atom. The highest BCUT2D eigenvalue weighted by atomic mass is 16.7. The minimum atomic E-state index is -1.32. The van der Waals surface area contributed by atoms with Crippen LogP contribution in [-0.2, 0) is 33.2 Å². The maximum absolute atomic E-state index is 13.9. The van der Waals surface area contributed by atoms with E-state index < -0.39 is 61.0 Å². The Labute approximate surface area is 300 Å². The van der Waals surface area contributed by atoms with Crippen molar-refractivity contribution in [1.29, 1.82) is 0 Å². The topological polar surface area (TPSA) is 116 Å². The molecule has 0 bridgehead atoms. The molecular formula is C42H36O10. The van der Waals surface area contributed by atoms with Gasteiger partial charge in [0.15, 0.2) is 30.9 Å². The van der Waals surface area contributed by atoms with Gasteiger partial charge in [0.05, 0.1) is 29.9 Å². The van der Waals surface area contributed by atoms with Crippen LogP contribution in [0.5, 0.6) is 0 Å². The highest BCUT2D eigenvalue weighted by Crippen LogP contribution is 2.37. The first-order valence-electron chi connectivity index (χ1n) is 17.0. The van der Waals surface area contributed by atoms with Crippen LogP contribution in [0.4, 0.5) is 0 Å². The molecule has 1 unspecified atom stereocenters. The van der Waals surface area contributed by atoms with E-state index in [0.29, 0.717) is 22.3 Å². The van der Waals surface area contributed by atoms with Crippen molar-refractivity contribution in [3.63, 3.8) is 0 Å². The Morgan fingerprint density at radius 2 is 0.788 bits per heavy atom. The van der Waals surface area contributed by atoms with E-state index in [4.69, 9.17) is 33.2 Å². The zero-order valence-corrected chi connectivity index (χ0v) is 28.0. The minimum Gasteiger partial charge on any atom is -0.453 e. The molecule has 10 nitrogen and oxygen atoms in total. The van der Waals surface area contributed by atoms with Gasteiger partial charge in [-0.15, -0.1) is 0 Å². The minimum absolute atomic E-state index is 0.109. The molecule has 0 amide bonds. The average molecular weight is 701 g/mol. The van der Waals surface area contributed by atoms with E-state index in [1.165, 1.54) is 0 Å². The number of hydrogen-bond donors (Lipinski definition) is 0. The van der Waals surface area contributed by atoms with Gasteiger partial charge < -0.3 is 33.2 Å². The number of hydrogen-bond acceptors (Lipinski definition) is 10. The lowest BCUT2D eigenvalue weighted by atomic mass is 9.96. The van der Waals surface area contributed by atoms with Crippen LogP contribution in [0.15, 0.2) is 152 Å². The molecule has 5 aromatic rings. The Kier molecular flexibility index (Phi) is 11.1. The number of esters is 3. The molecule has 0 N–H and O–H groups in total. The molecule has 0 aromatic heterocycles. The fraction of sp³-hybridized carbons (Fsp3) is 0.214. The second-order valence-electron chi connectivity index (χ2n) is 12.2. The van der Waals surface area contributed by atoms with Crippen LogP contribution in [0.25, 0.3) is 0 Å². The Bertz CT molecular complexity index is 1790. The molecule has 0 aliphatic carbocycles. The summed E-state index contributed by atoms with van der Waals surface area (Å²) in [7, 11) is 0. The Balaban J connectivity index is 1.29. The van der Waals surface area contributed by atoms with Gasteiger partial charge in [-0.2, -0.15) is 0 Å². The maximum Gasteiger partial charge on any atom is 0.338 e. The number of rotatable bonds is 10.